The molecule has 1 aromatic carbocycles. The quantitative estimate of drug-likeness (QED) is 0.921. The van der Waals surface area contributed by atoms with Crippen molar-refractivity contribution in [3.8, 4) is 0 Å². The van der Waals surface area contributed by atoms with Gasteiger partial charge in [-0.3, -0.25) is 9.59 Å². The summed E-state index contributed by atoms with van der Waals surface area (Å²) in [5, 5.41) is 2.66. The minimum absolute atomic E-state index is 0.144. The Morgan fingerprint density at radius 3 is 2.70 bits per heavy atom. The van der Waals surface area contributed by atoms with Gasteiger partial charge in [0.1, 0.15) is 6.04 Å². The lowest BCUT2D eigenvalue weighted by atomic mass is 10.1. The number of anilines is 1. The predicted octanol–water partition coefficient (Wildman–Crippen LogP) is 1.99. The molecule has 1 fully saturated rings. The normalized spacial score (nSPS) is 19.8. The first-order chi connectivity index (χ1) is 9.52. The van der Waals surface area contributed by atoms with Crippen LogP contribution in [0.25, 0.3) is 0 Å². The summed E-state index contributed by atoms with van der Waals surface area (Å²) in [6.45, 7) is 2.07. The molecule has 20 heavy (non-hydrogen) atoms. The fourth-order valence-electron chi connectivity index (χ4n) is 2.23. The third-order valence-corrected chi connectivity index (χ3v) is 3.25. The van der Waals surface area contributed by atoms with Gasteiger partial charge in [-0.15, -0.1) is 0 Å². The average molecular weight is 282 g/mol. The highest BCUT2D eigenvalue weighted by Crippen LogP contribution is 2.21. The smallest absolute Gasteiger partial charge is 0.249 e. The summed E-state index contributed by atoms with van der Waals surface area (Å²) in [4.78, 5) is 25.3. The van der Waals surface area contributed by atoms with Crippen LogP contribution < -0.4 is 10.2 Å². The number of nitrogens with zero attached hydrogens (tertiary/aromatic N) is 1. The third kappa shape index (κ3) is 2.95. The van der Waals surface area contributed by atoms with Crippen molar-refractivity contribution in [3.05, 3.63) is 29.8 Å². The fraction of sp³-hybridized carbons (Fsp3) is 0.429. The molecule has 0 aromatic heterocycles. The van der Waals surface area contributed by atoms with Crippen molar-refractivity contribution in [3.63, 3.8) is 0 Å². The van der Waals surface area contributed by atoms with E-state index in [0.717, 1.165) is 18.6 Å². The lowest BCUT2D eigenvalue weighted by Crippen LogP contribution is -2.44. The summed E-state index contributed by atoms with van der Waals surface area (Å²) in [6.07, 6.45) is 1.40. The van der Waals surface area contributed by atoms with Crippen molar-refractivity contribution in [2.75, 3.05) is 11.4 Å². The molecule has 1 aliphatic rings. The average Bonchev–Trinajstić information content (AvgIpc) is 2.54. The van der Waals surface area contributed by atoms with Gasteiger partial charge in [-0.05, 0) is 18.6 Å². The number of carbonyl (C=O) groups excluding carboxylic acids is 2. The molecule has 6 heteroatoms. The van der Waals surface area contributed by atoms with E-state index in [4.69, 9.17) is 0 Å². The van der Waals surface area contributed by atoms with E-state index < -0.39 is 17.7 Å². The second kappa shape index (κ2) is 5.98. The van der Waals surface area contributed by atoms with Crippen LogP contribution in [0.2, 0.25) is 0 Å². The molecule has 0 radical (unpaired) electrons. The molecule has 2 rings (SSSR count). The maximum Gasteiger partial charge on any atom is 0.249 e. The van der Waals surface area contributed by atoms with E-state index in [1.165, 1.54) is 11.0 Å². The van der Waals surface area contributed by atoms with Crippen LogP contribution in [0.3, 0.4) is 0 Å². The number of hydrogen-bond donors (Lipinski definition) is 1. The Bertz CT molecular complexity index is 534. The molecule has 1 aromatic rings. The summed E-state index contributed by atoms with van der Waals surface area (Å²) < 4.78 is 26.2. The zero-order chi connectivity index (χ0) is 14.7. The SMILES string of the molecule is CCCC1NC(=O)CCN(c2ccc(F)c(F)c2)C1=O. The minimum atomic E-state index is -1.01. The van der Waals surface area contributed by atoms with Gasteiger partial charge in [-0.2, -0.15) is 0 Å². The second-order valence-electron chi connectivity index (χ2n) is 4.75. The number of carbonyl (C=O) groups is 2. The Kier molecular flexibility index (Phi) is 4.32. The Morgan fingerprint density at radius 2 is 2.05 bits per heavy atom. The van der Waals surface area contributed by atoms with Crippen molar-refractivity contribution in [1.82, 2.24) is 5.32 Å². The van der Waals surface area contributed by atoms with Crippen LogP contribution in [0.1, 0.15) is 26.2 Å². The van der Waals surface area contributed by atoms with Gasteiger partial charge in [0.25, 0.3) is 0 Å². The maximum absolute atomic E-state index is 13.3. The molecular weight excluding hydrogens is 266 g/mol. The first-order valence-corrected chi connectivity index (χ1v) is 6.58. The molecule has 4 nitrogen and oxygen atoms in total. The molecule has 1 saturated heterocycles. The number of rotatable bonds is 3. The number of hydrogen-bond acceptors (Lipinski definition) is 2. The van der Waals surface area contributed by atoms with Gasteiger partial charge in [0.2, 0.25) is 11.8 Å². The van der Waals surface area contributed by atoms with Crippen molar-refractivity contribution < 1.29 is 18.4 Å². The van der Waals surface area contributed by atoms with Crippen LogP contribution in [-0.4, -0.2) is 24.4 Å². The van der Waals surface area contributed by atoms with E-state index in [9.17, 15) is 18.4 Å². The van der Waals surface area contributed by atoms with Crippen LogP contribution in [0.15, 0.2) is 18.2 Å². The van der Waals surface area contributed by atoms with E-state index >= 15 is 0 Å². The largest absolute Gasteiger partial charge is 0.344 e. The summed E-state index contributed by atoms with van der Waals surface area (Å²) in [5.74, 6) is -2.47. The summed E-state index contributed by atoms with van der Waals surface area (Å²) in [7, 11) is 0. The van der Waals surface area contributed by atoms with Crippen LogP contribution >= 0.6 is 0 Å². The highest BCUT2D eigenvalue weighted by molar-refractivity contribution is 6.01. The Morgan fingerprint density at radius 1 is 1.30 bits per heavy atom. The van der Waals surface area contributed by atoms with E-state index in [0.29, 0.717) is 6.42 Å². The number of benzene rings is 1. The zero-order valence-electron chi connectivity index (χ0n) is 11.2. The molecule has 1 N–H and O–H groups in total. The second-order valence-corrected chi connectivity index (χ2v) is 4.75. The molecule has 0 spiro atoms. The molecule has 0 bridgehead atoms. The van der Waals surface area contributed by atoms with E-state index in [-0.39, 0.29) is 30.5 Å². The summed E-state index contributed by atoms with van der Waals surface area (Å²) in [5.41, 5.74) is 0.270. The van der Waals surface area contributed by atoms with Crippen LogP contribution in [-0.2, 0) is 9.59 Å². The molecule has 2 amide bonds. The third-order valence-electron chi connectivity index (χ3n) is 3.25. The molecule has 108 valence electrons. The van der Waals surface area contributed by atoms with E-state index in [1.54, 1.807) is 0 Å². The molecule has 0 aliphatic carbocycles. The Hall–Kier alpha value is -1.98. The van der Waals surface area contributed by atoms with Gasteiger partial charge in [-0.25, -0.2) is 8.78 Å². The van der Waals surface area contributed by atoms with Gasteiger partial charge < -0.3 is 10.2 Å². The van der Waals surface area contributed by atoms with Crippen LogP contribution in [0, 0.1) is 11.6 Å². The summed E-state index contributed by atoms with van der Waals surface area (Å²) in [6, 6.07) is 2.69. The lowest BCUT2D eigenvalue weighted by molar-refractivity contribution is -0.125. The standard InChI is InChI=1S/C14H16F2N2O2/c1-2-3-12-14(20)18(7-6-13(19)17-12)9-4-5-10(15)11(16)8-9/h4-5,8,12H,2-3,6-7H2,1H3,(H,17,19). The Labute approximate surface area is 115 Å². The van der Waals surface area contributed by atoms with Crippen LogP contribution in [0.5, 0.6) is 0 Å². The van der Waals surface area contributed by atoms with Crippen molar-refractivity contribution in [1.29, 1.82) is 0 Å². The number of amides is 2. The van der Waals surface area contributed by atoms with Crippen molar-refractivity contribution >= 4 is 17.5 Å². The molecular formula is C14H16F2N2O2. The summed E-state index contributed by atoms with van der Waals surface area (Å²) >= 11 is 0. The highest BCUT2D eigenvalue weighted by Gasteiger charge is 2.30. The fourth-order valence-corrected chi connectivity index (χ4v) is 2.23. The zero-order valence-corrected chi connectivity index (χ0v) is 11.2. The number of halogens is 2. The molecule has 1 atom stereocenters. The van der Waals surface area contributed by atoms with Gasteiger partial charge in [0.05, 0.1) is 0 Å². The first kappa shape index (κ1) is 14.4. The van der Waals surface area contributed by atoms with Gasteiger partial charge in [-0.1, -0.05) is 13.3 Å². The Balaban J connectivity index is 2.30. The minimum Gasteiger partial charge on any atom is -0.344 e. The highest BCUT2D eigenvalue weighted by atomic mass is 19.2. The van der Waals surface area contributed by atoms with Gasteiger partial charge in [0, 0.05) is 24.7 Å². The van der Waals surface area contributed by atoms with Crippen molar-refractivity contribution in [2.45, 2.75) is 32.2 Å². The topological polar surface area (TPSA) is 49.4 Å². The van der Waals surface area contributed by atoms with Gasteiger partial charge >= 0.3 is 0 Å². The van der Waals surface area contributed by atoms with Crippen LogP contribution in [0.4, 0.5) is 14.5 Å². The van der Waals surface area contributed by atoms with Gasteiger partial charge in [0.15, 0.2) is 11.6 Å². The van der Waals surface area contributed by atoms with E-state index in [2.05, 4.69) is 5.32 Å². The predicted molar refractivity (Wildman–Crippen MR) is 70.2 cm³/mol. The molecule has 1 heterocycles. The van der Waals surface area contributed by atoms with E-state index in [1.807, 2.05) is 6.92 Å². The lowest BCUT2D eigenvalue weighted by Gasteiger charge is -2.24. The molecule has 1 aliphatic heterocycles. The molecule has 1 unspecified atom stereocenters. The molecule has 0 saturated carbocycles. The first-order valence-electron chi connectivity index (χ1n) is 6.58. The number of nitrogens with one attached hydrogen (secondary N) is 1. The maximum atomic E-state index is 13.3. The van der Waals surface area contributed by atoms with Crippen molar-refractivity contribution in [2.24, 2.45) is 0 Å². The monoisotopic (exact) mass is 282 g/mol.